The Labute approximate surface area is 164 Å². The number of nitrogens with zero attached hydrogens (tertiary/aromatic N) is 1. The molecular formula is C24H22N2O2. The van der Waals surface area contributed by atoms with E-state index in [0.717, 1.165) is 39.3 Å². The molecular weight excluding hydrogens is 348 g/mol. The van der Waals surface area contributed by atoms with Crippen LogP contribution in [0.15, 0.2) is 54.6 Å². The minimum atomic E-state index is -0.324. The number of benzene rings is 2. The number of hydrogen-bond acceptors (Lipinski definition) is 3. The van der Waals surface area contributed by atoms with Gasteiger partial charge in [0.05, 0.1) is 12.7 Å². The van der Waals surface area contributed by atoms with Gasteiger partial charge in [0, 0.05) is 33.5 Å². The molecule has 0 saturated carbocycles. The second-order valence-electron chi connectivity index (χ2n) is 7.09. The molecule has 0 aliphatic heterocycles. The van der Waals surface area contributed by atoms with Crippen LogP contribution in [0.2, 0.25) is 0 Å². The summed E-state index contributed by atoms with van der Waals surface area (Å²) in [5.41, 5.74) is 9.33. The summed E-state index contributed by atoms with van der Waals surface area (Å²) in [6, 6.07) is 18.1. The van der Waals surface area contributed by atoms with Gasteiger partial charge in [-0.2, -0.15) is 0 Å². The predicted octanol–water partition coefficient (Wildman–Crippen LogP) is 5.61. The van der Waals surface area contributed by atoms with Crippen LogP contribution in [0.1, 0.15) is 27.3 Å². The molecule has 2 aromatic heterocycles. The molecule has 140 valence electrons. The van der Waals surface area contributed by atoms with Crippen molar-refractivity contribution >= 4 is 16.9 Å². The van der Waals surface area contributed by atoms with Crippen molar-refractivity contribution in [2.24, 2.45) is 0 Å². The number of pyridine rings is 1. The fraction of sp³-hybridized carbons (Fsp3) is 0.167. The molecule has 28 heavy (non-hydrogen) atoms. The molecule has 0 saturated heterocycles. The summed E-state index contributed by atoms with van der Waals surface area (Å²) in [5.74, 6) is -0.324. The highest BCUT2D eigenvalue weighted by Gasteiger charge is 2.12. The lowest BCUT2D eigenvalue weighted by molar-refractivity contribution is 0.0601. The molecule has 4 rings (SSSR count). The summed E-state index contributed by atoms with van der Waals surface area (Å²) < 4.78 is 4.77. The molecule has 0 aliphatic rings. The van der Waals surface area contributed by atoms with Gasteiger partial charge in [0.25, 0.3) is 0 Å². The number of aromatic nitrogens is 2. The van der Waals surface area contributed by atoms with E-state index in [0.29, 0.717) is 5.56 Å². The summed E-state index contributed by atoms with van der Waals surface area (Å²) >= 11 is 0. The number of esters is 1. The first kappa shape index (κ1) is 18.0. The maximum absolute atomic E-state index is 11.6. The average Bonchev–Trinajstić information content (AvgIpc) is 3.03. The van der Waals surface area contributed by atoms with Gasteiger partial charge in [-0.15, -0.1) is 0 Å². The van der Waals surface area contributed by atoms with Gasteiger partial charge in [0.2, 0.25) is 0 Å². The van der Waals surface area contributed by atoms with Crippen molar-refractivity contribution < 1.29 is 9.53 Å². The van der Waals surface area contributed by atoms with E-state index >= 15 is 0 Å². The number of methoxy groups -OCH3 is 1. The van der Waals surface area contributed by atoms with Crippen LogP contribution in [-0.4, -0.2) is 23.0 Å². The normalized spacial score (nSPS) is 11.0. The minimum absolute atomic E-state index is 0.324. The summed E-state index contributed by atoms with van der Waals surface area (Å²) in [6.07, 6.45) is 0. The van der Waals surface area contributed by atoms with Crippen molar-refractivity contribution in [2.45, 2.75) is 20.8 Å². The van der Waals surface area contributed by atoms with Gasteiger partial charge in [-0.05, 0) is 67.8 Å². The van der Waals surface area contributed by atoms with Crippen molar-refractivity contribution in [3.63, 3.8) is 0 Å². The molecule has 4 nitrogen and oxygen atoms in total. The first-order valence-electron chi connectivity index (χ1n) is 9.23. The van der Waals surface area contributed by atoms with E-state index in [1.165, 1.54) is 18.1 Å². The standard InChI is InChI=1S/C24H22N2O2/c1-14-11-20(12-15(2)25-14)23-16(3)21-10-9-19(13-22(21)26-23)17-5-7-18(8-6-17)24(27)28-4/h5-13,26H,1-4H3. The van der Waals surface area contributed by atoms with E-state index in [4.69, 9.17) is 4.74 Å². The van der Waals surface area contributed by atoms with Crippen LogP contribution in [0.4, 0.5) is 0 Å². The van der Waals surface area contributed by atoms with Crippen molar-refractivity contribution in [1.82, 2.24) is 9.97 Å². The van der Waals surface area contributed by atoms with Gasteiger partial charge in [0.15, 0.2) is 0 Å². The fourth-order valence-electron chi connectivity index (χ4n) is 3.70. The number of carbonyl (C=O) groups excluding carboxylic acids is 1. The number of aromatic amines is 1. The molecule has 0 amide bonds. The Morgan fingerprint density at radius 2 is 1.50 bits per heavy atom. The second kappa shape index (κ2) is 6.97. The lowest BCUT2D eigenvalue weighted by Gasteiger charge is -2.04. The molecule has 0 bridgehead atoms. The van der Waals surface area contributed by atoms with E-state index in [1.807, 2.05) is 26.0 Å². The largest absolute Gasteiger partial charge is 0.465 e. The molecule has 0 atom stereocenters. The number of nitrogens with one attached hydrogen (secondary N) is 1. The Kier molecular flexibility index (Phi) is 4.47. The molecule has 0 aliphatic carbocycles. The molecule has 4 heteroatoms. The summed E-state index contributed by atoms with van der Waals surface area (Å²) in [6.45, 7) is 6.18. The van der Waals surface area contributed by atoms with Crippen molar-refractivity contribution in [3.05, 3.63) is 77.1 Å². The monoisotopic (exact) mass is 370 g/mol. The summed E-state index contributed by atoms with van der Waals surface area (Å²) in [5, 5.41) is 1.21. The van der Waals surface area contributed by atoms with E-state index in [-0.39, 0.29) is 5.97 Å². The Hall–Kier alpha value is -3.40. The maximum Gasteiger partial charge on any atom is 0.337 e. The topological polar surface area (TPSA) is 55.0 Å². The van der Waals surface area contributed by atoms with Crippen LogP contribution in [0.5, 0.6) is 0 Å². The second-order valence-corrected chi connectivity index (χ2v) is 7.09. The Balaban J connectivity index is 1.76. The fourth-order valence-corrected chi connectivity index (χ4v) is 3.70. The lowest BCUT2D eigenvalue weighted by atomic mass is 10.0. The van der Waals surface area contributed by atoms with Crippen LogP contribution in [0.25, 0.3) is 33.3 Å². The highest BCUT2D eigenvalue weighted by molar-refractivity contribution is 5.94. The molecule has 0 fully saturated rings. The Bertz CT molecular complexity index is 1170. The van der Waals surface area contributed by atoms with Crippen LogP contribution >= 0.6 is 0 Å². The van der Waals surface area contributed by atoms with Crippen LogP contribution < -0.4 is 0 Å². The first-order chi connectivity index (χ1) is 13.5. The van der Waals surface area contributed by atoms with Gasteiger partial charge in [-0.25, -0.2) is 4.79 Å². The smallest absolute Gasteiger partial charge is 0.337 e. The molecule has 4 aromatic rings. The lowest BCUT2D eigenvalue weighted by Crippen LogP contribution is -2.00. The number of fused-ring (bicyclic) bond motifs is 1. The molecule has 2 aromatic carbocycles. The molecule has 0 spiro atoms. The minimum Gasteiger partial charge on any atom is -0.465 e. The molecule has 2 heterocycles. The number of carbonyl (C=O) groups is 1. The van der Waals surface area contributed by atoms with Crippen LogP contribution in [0.3, 0.4) is 0 Å². The Morgan fingerprint density at radius 1 is 0.857 bits per heavy atom. The zero-order chi connectivity index (χ0) is 19.8. The van der Waals surface area contributed by atoms with Gasteiger partial charge in [-0.3, -0.25) is 4.98 Å². The highest BCUT2D eigenvalue weighted by Crippen LogP contribution is 2.33. The zero-order valence-electron chi connectivity index (χ0n) is 16.5. The SMILES string of the molecule is COC(=O)c1ccc(-c2ccc3c(C)c(-c4cc(C)nc(C)c4)[nH]c3c2)cc1. The summed E-state index contributed by atoms with van der Waals surface area (Å²) in [4.78, 5) is 19.7. The maximum atomic E-state index is 11.6. The van der Waals surface area contributed by atoms with Gasteiger partial charge in [0.1, 0.15) is 0 Å². The van der Waals surface area contributed by atoms with Crippen LogP contribution in [-0.2, 0) is 4.74 Å². The number of aryl methyl sites for hydroxylation is 3. The predicted molar refractivity (Wildman–Crippen MR) is 113 cm³/mol. The molecule has 0 radical (unpaired) electrons. The van der Waals surface area contributed by atoms with Gasteiger partial charge >= 0.3 is 5.97 Å². The van der Waals surface area contributed by atoms with Crippen molar-refractivity contribution in [1.29, 1.82) is 0 Å². The van der Waals surface area contributed by atoms with E-state index in [2.05, 4.69) is 47.2 Å². The van der Waals surface area contributed by atoms with Crippen LogP contribution in [0, 0.1) is 20.8 Å². The zero-order valence-corrected chi connectivity index (χ0v) is 16.5. The first-order valence-corrected chi connectivity index (χ1v) is 9.23. The third kappa shape index (κ3) is 3.18. The van der Waals surface area contributed by atoms with E-state index < -0.39 is 0 Å². The average molecular weight is 370 g/mol. The van der Waals surface area contributed by atoms with Crippen molar-refractivity contribution in [3.8, 4) is 22.4 Å². The number of H-pyrrole nitrogens is 1. The quantitative estimate of drug-likeness (QED) is 0.477. The Morgan fingerprint density at radius 3 is 2.14 bits per heavy atom. The molecule has 1 N–H and O–H groups in total. The number of hydrogen-bond donors (Lipinski definition) is 1. The highest BCUT2D eigenvalue weighted by atomic mass is 16.5. The van der Waals surface area contributed by atoms with E-state index in [9.17, 15) is 4.79 Å². The van der Waals surface area contributed by atoms with E-state index in [1.54, 1.807) is 12.1 Å². The molecule has 0 unspecified atom stereocenters. The number of rotatable bonds is 3. The number of ether oxygens (including phenoxy) is 1. The third-order valence-corrected chi connectivity index (χ3v) is 5.07. The summed E-state index contributed by atoms with van der Waals surface area (Å²) in [7, 11) is 1.39. The third-order valence-electron chi connectivity index (χ3n) is 5.07. The van der Waals surface area contributed by atoms with Gasteiger partial charge in [-0.1, -0.05) is 24.3 Å². The van der Waals surface area contributed by atoms with Gasteiger partial charge < -0.3 is 9.72 Å². The van der Waals surface area contributed by atoms with Crippen molar-refractivity contribution in [2.75, 3.05) is 7.11 Å².